The van der Waals surface area contributed by atoms with E-state index in [-0.39, 0.29) is 17.8 Å². The van der Waals surface area contributed by atoms with Crippen molar-refractivity contribution in [2.24, 2.45) is 7.05 Å². The van der Waals surface area contributed by atoms with Crippen molar-refractivity contribution in [1.82, 2.24) is 14.8 Å². The molecule has 11 heteroatoms. The highest BCUT2D eigenvalue weighted by atomic mass is 35.5. The Kier molecular flexibility index (Phi) is 8.52. The molecule has 0 saturated heterocycles. The quantitative estimate of drug-likeness (QED) is 0.195. The topological polar surface area (TPSA) is 95.3 Å². The second kappa shape index (κ2) is 11.8. The van der Waals surface area contributed by atoms with E-state index in [1.54, 1.807) is 16.7 Å². The molecule has 0 aliphatic heterocycles. The minimum atomic E-state index is -0.533. The predicted molar refractivity (Wildman–Crippen MR) is 147 cm³/mol. The highest BCUT2D eigenvalue weighted by molar-refractivity contribution is 7.99. The van der Waals surface area contributed by atoms with E-state index in [0.717, 1.165) is 16.9 Å². The summed E-state index contributed by atoms with van der Waals surface area (Å²) in [5.41, 5.74) is 2.91. The fourth-order valence-electron chi connectivity index (χ4n) is 3.57. The van der Waals surface area contributed by atoms with Gasteiger partial charge in [-0.15, -0.1) is 21.5 Å². The van der Waals surface area contributed by atoms with Crippen LogP contribution in [0.5, 0.6) is 5.75 Å². The Morgan fingerprint density at radius 1 is 1.14 bits per heavy atom. The third kappa shape index (κ3) is 6.33. The number of nitrogens with zero attached hydrogens (tertiary/aromatic N) is 3. The number of hydrogen-bond acceptors (Lipinski definition) is 8. The lowest BCUT2D eigenvalue weighted by Gasteiger charge is -2.14. The molecule has 4 rings (SSSR count). The number of methoxy groups -OCH3 is 1. The van der Waals surface area contributed by atoms with Gasteiger partial charge in [-0.2, -0.15) is 0 Å². The molecule has 1 N–H and O–H groups in total. The molecule has 0 saturated carbocycles. The van der Waals surface area contributed by atoms with Crippen LogP contribution in [0.4, 0.5) is 5.00 Å². The molecule has 1 atom stereocenters. The van der Waals surface area contributed by atoms with Crippen LogP contribution < -0.4 is 10.1 Å². The van der Waals surface area contributed by atoms with E-state index in [9.17, 15) is 9.59 Å². The van der Waals surface area contributed by atoms with Crippen molar-refractivity contribution in [3.8, 4) is 16.9 Å². The van der Waals surface area contributed by atoms with Gasteiger partial charge in [-0.05, 0) is 43.7 Å². The van der Waals surface area contributed by atoms with Crippen molar-refractivity contribution in [3.05, 3.63) is 75.9 Å². The van der Waals surface area contributed by atoms with Crippen LogP contribution >= 0.6 is 34.7 Å². The first kappa shape index (κ1) is 26.7. The van der Waals surface area contributed by atoms with Gasteiger partial charge in [0.2, 0.25) is 5.91 Å². The van der Waals surface area contributed by atoms with Crippen molar-refractivity contribution < 1.29 is 19.1 Å². The van der Waals surface area contributed by atoms with Crippen LogP contribution in [-0.4, -0.2) is 39.5 Å². The molecule has 0 aliphatic carbocycles. The van der Waals surface area contributed by atoms with Crippen molar-refractivity contribution in [2.75, 3.05) is 18.2 Å². The van der Waals surface area contributed by atoms with Gasteiger partial charge in [0.05, 0.1) is 12.9 Å². The number of aromatic nitrogens is 3. The highest BCUT2D eigenvalue weighted by Crippen LogP contribution is 2.37. The Balaban J connectivity index is 1.42. The molecule has 192 valence electrons. The zero-order chi connectivity index (χ0) is 26.5. The molecule has 0 fully saturated rings. The van der Waals surface area contributed by atoms with E-state index >= 15 is 0 Å². The number of carbonyl (C=O) groups is 2. The van der Waals surface area contributed by atoms with Crippen molar-refractivity contribution >= 4 is 51.6 Å². The Labute approximate surface area is 228 Å². The van der Waals surface area contributed by atoms with E-state index in [0.29, 0.717) is 32.1 Å². The molecule has 1 amide bonds. The summed E-state index contributed by atoms with van der Waals surface area (Å²) in [6, 6.07) is 14.9. The molecular weight excluding hydrogens is 532 g/mol. The first-order valence-electron chi connectivity index (χ1n) is 11.3. The molecule has 4 aromatic rings. The maximum atomic E-state index is 12.8. The summed E-state index contributed by atoms with van der Waals surface area (Å²) in [7, 11) is 3.14. The first-order valence-corrected chi connectivity index (χ1v) is 13.5. The maximum Gasteiger partial charge on any atom is 0.341 e. The Bertz CT molecular complexity index is 1400. The van der Waals surface area contributed by atoms with Gasteiger partial charge in [-0.25, -0.2) is 4.79 Å². The highest BCUT2D eigenvalue weighted by Gasteiger charge is 2.23. The third-order valence-corrected chi connectivity index (χ3v) is 7.65. The summed E-state index contributed by atoms with van der Waals surface area (Å²) in [6.07, 6.45) is -0.330. The van der Waals surface area contributed by atoms with Crippen LogP contribution in [0.1, 0.15) is 34.8 Å². The predicted octanol–water partition coefficient (Wildman–Crippen LogP) is 6.16. The molecule has 1 unspecified atom stereocenters. The molecule has 2 aromatic carbocycles. The molecule has 0 aliphatic rings. The van der Waals surface area contributed by atoms with E-state index in [4.69, 9.17) is 21.1 Å². The summed E-state index contributed by atoms with van der Waals surface area (Å²) in [5.74, 6) is 0.642. The number of nitrogens with one attached hydrogen (secondary N) is 1. The number of carbonyl (C=O) groups excluding carboxylic acids is 2. The minimum Gasteiger partial charge on any atom is -0.483 e. The number of rotatable bonds is 9. The Morgan fingerprint density at radius 3 is 2.51 bits per heavy atom. The van der Waals surface area contributed by atoms with Crippen LogP contribution in [0.25, 0.3) is 11.1 Å². The number of anilines is 1. The summed E-state index contributed by atoms with van der Waals surface area (Å²) >= 11 is 8.49. The smallest absolute Gasteiger partial charge is 0.341 e. The number of benzene rings is 2. The summed E-state index contributed by atoms with van der Waals surface area (Å²) in [6.45, 7) is 3.91. The van der Waals surface area contributed by atoms with E-state index in [1.165, 1.54) is 30.2 Å². The lowest BCUT2D eigenvalue weighted by Crippen LogP contribution is -2.16. The van der Waals surface area contributed by atoms with Crippen LogP contribution in [0.2, 0.25) is 5.02 Å². The van der Waals surface area contributed by atoms with Gasteiger partial charge in [-0.3, -0.25) is 4.79 Å². The first-order chi connectivity index (χ1) is 17.8. The van der Waals surface area contributed by atoms with E-state index in [1.807, 2.05) is 62.7 Å². The normalized spacial score (nSPS) is 11.7. The van der Waals surface area contributed by atoms with Gasteiger partial charge in [-0.1, -0.05) is 53.2 Å². The average Bonchev–Trinajstić information content (AvgIpc) is 3.47. The lowest BCUT2D eigenvalue weighted by atomic mass is 10.0. The van der Waals surface area contributed by atoms with Crippen molar-refractivity contribution in [2.45, 2.75) is 25.1 Å². The number of hydrogen-bond donors (Lipinski definition) is 1. The molecule has 37 heavy (non-hydrogen) atoms. The Morgan fingerprint density at radius 2 is 1.84 bits per heavy atom. The second-order valence-corrected chi connectivity index (χ2v) is 10.4. The lowest BCUT2D eigenvalue weighted by molar-refractivity contribution is -0.113. The van der Waals surface area contributed by atoms with Crippen LogP contribution in [0, 0.1) is 6.92 Å². The molecule has 2 aromatic heterocycles. The van der Waals surface area contributed by atoms with E-state index in [2.05, 4.69) is 15.5 Å². The van der Waals surface area contributed by atoms with Gasteiger partial charge in [0.25, 0.3) is 0 Å². The third-order valence-electron chi connectivity index (χ3n) is 5.49. The van der Waals surface area contributed by atoms with Gasteiger partial charge in [0, 0.05) is 23.0 Å². The van der Waals surface area contributed by atoms with Gasteiger partial charge in [0.1, 0.15) is 16.3 Å². The van der Waals surface area contributed by atoms with Gasteiger partial charge >= 0.3 is 5.97 Å². The average molecular weight is 557 g/mol. The van der Waals surface area contributed by atoms with Gasteiger partial charge in [0.15, 0.2) is 17.1 Å². The summed E-state index contributed by atoms with van der Waals surface area (Å²) in [4.78, 5) is 25.3. The van der Waals surface area contributed by atoms with Gasteiger partial charge < -0.3 is 19.4 Å². The zero-order valence-electron chi connectivity index (χ0n) is 20.6. The molecule has 8 nitrogen and oxygen atoms in total. The number of aryl methyl sites for hydroxylation is 1. The number of thiophene rings is 1. The minimum absolute atomic E-state index is 0.0773. The number of esters is 1. The molecule has 0 spiro atoms. The fourth-order valence-corrected chi connectivity index (χ4v) is 5.39. The Hall–Kier alpha value is -3.34. The zero-order valence-corrected chi connectivity index (χ0v) is 23.0. The van der Waals surface area contributed by atoms with Crippen LogP contribution in [0.3, 0.4) is 0 Å². The number of amides is 1. The largest absolute Gasteiger partial charge is 0.483 e. The monoisotopic (exact) mass is 556 g/mol. The van der Waals surface area contributed by atoms with E-state index < -0.39 is 5.97 Å². The second-order valence-electron chi connectivity index (χ2n) is 8.16. The van der Waals surface area contributed by atoms with Crippen molar-refractivity contribution in [3.63, 3.8) is 0 Å². The molecule has 2 heterocycles. The fraction of sp³-hybridized carbons (Fsp3) is 0.231. The van der Waals surface area contributed by atoms with Crippen LogP contribution in [0.15, 0.2) is 59.1 Å². The van der Waals surface area contributed by atoms with Crippen molar-refractivity contribution in [1.29, 1.82) is 0 Å². The maximum absolute atomic E-state index is 12.8. The van der Waals surface area contributed by atoms with Crippen LogP contribution in [-0.2, 0) is 16.6 Å². The standard InChI is InChI=1S/C26H25ClN4O4S2/c1-15-5-11-19(12-6-15)35-16(2)23-29-30-26(31(23)3)37-14-21(32)28-24-22(25(33)34-4)20(13-36-24)17-7-9-18(27)10-8-17/h5-13,16H,14H2,1-4H3,(H,28,32). The molecule has 0 radical (unpaired) electrons. The SMILES string of the molecule is COC(=O)c1c(-c2ccc(Cl)cc2)csc1NC(=O)CSc1nnc(C(C)Oc2ccc(C)cc2)n1C. The summed E-state index contributed by atoms with van der Waals surface area (Å²) in [5, 5.41) is 14.7. The molecule has 0 bridgehead atoms. The number of halogens is 1. The number of thioether (sulfide) groups is 1. The number of ether oxygens (including phenoxy) is 2. The molecular formula is C26H25ClN4O4S2. The summed E-state index contributed by atoms with van der Waals surface area (Å²) < 4.78 is 12.8.